The number of carbonyl (C=O) groups is 1. The number of methoxy groups -OCH3 is 3. The number of hydrogen-bond donors (Lipinski definition) is 0. The van der Waals surface area contributed by atoms with Gasteiger partial charge in [-0.25, -0.2) is 4.99 Å². The topological polar surface area (TPSA) is 60.4 Å². The fourth-order valence-corrected chi connectivity index (χ4v) is 4.08. The first-order valence-electron chi connectivity index (χ1n) is 8.83. The predicted molar refractivity (Wildman–Crippen MR) is 117 cm³/mol. The molecule has 0 N–H and O–H groups in total. The van der Waals surface area contributed by atoms with Crippen molar-refractivity contribution in [1.82, 2.24) is 4.90 Å². The van der Waals surface area contributed by atoms with Gasteiger partial charge in [-0.15, -0.1) is 0 Å². The first-order chi connectivity index (χ1) is 14.1. The quantitative estimate of drug-likeness (QED) is 0.598. The van der Waals surface area contributed by atoms with E-state index in [1.807, 2.05) is 30.3 Å². The highest BCUT2D eigenvalue weighted by atomic mass is 35.5. The molecule has 2 aromatic carbocycles. The van der Waals surface area contributed by atoms with Crippen LogP contribution in [-0.4, -0.2) is 50.5 Å². The molecule has 29 heavy (non-hydrogen) atoms. The Hall–Kier alpha value is -2.48. The molecule has 1 amide bonds. The summed E-state index contributed by atoms with van der Waals surface area (Å²) in [6.45, 7) is 0.827. The van der Waals surface area contributed by atoms with Crippen LogP contribution in [0, 0.1) is 0 Å². The van der Waals surface area contributed by atoms with Gasteiger partial charge in [0.2, 0.25) is 0 Å². The van der Waals surface area contributed by atoms with Crippen molar-refractivity contribution in [3.8, 4) is 11.5 Å². The molecule has 0 unspecified atom stereocenters. The van der Waals surface area contributed by atoms with Crippen molar-refractivity contribution in [2.24, 2.45) is 4.99 Å². The van der Waals surface area contributed by atoms with Gasteiger partial charge in [-0.05, 0) is 47.7 Å². The van der Waals surface area contributed by atoms with E-state index in [-0.39, 0.29) is 5.91 Å². The summed E-state index contributed by atoms with van der Waals surface area (Å²) in [6.07, 6.45) is 1.77. The monoisotopic (exact) mass is 432 g/mol. The van der Waals surface area contributed by atoms with Crippen molar-refractivity contribution < 1.29 is 19.0 Å². The number of carbonyl (C=O) groups excluding carboxylic acids is 1. The summed E-state index contributed by atoms with van der Waals surface area (Å²) in [5, 5.41) is 1.01. The number of hydrogen-bond acceptors (Lipinski definition) is 6. The zero-order valence-electron chi connectivity index (χ0n) is 16.3. The molecule has 0 aliphatic carbocycles. The number of amidine groups is 1. The van der Waals surface area contributed by atoms with Crippen LogP contribution in [0.25, 0.3) is 6.08 Å². The predicted octanol–water partition coefficient (Wildman–Crippen LogP) is 4.61. The maximum absolute atomic E-state index is 13.0. The molecule has 0 spiro atoms. The smallest absolute Gasteiger partial charge is 0.266 e. The van der Waals surface area contributed by atoms with Crippen LogP contribution < -0.4 is 9.47 Å². The second-order valence-corrected chi connectivity index (χ2v) is 7.44. The average Bonchev–Trinajstić information content (AvgIpc) is 3.00. The second-order valence-electron chi connectivity index (χ2n) is 6.03. The molecule has 0 saturated carbocycles. The van der Waals surface area contributed by atoms with Crippen LogP contribution in [0.15, 0.2) is 52.4 Å². The lowest BCUT2D eigenvalue weighted by Gasteiger charge is -2.14. The van der Waals surface area contributed by atoms with Gasteiger partial charge in [-0.1, -0.05) is 29.8 Å². The molecular formula is C21H21ClN2O4S. The number of amides is 1. The lowest BCUT2D eigenvalue weighted by Crippen LogP contribution is -2.32. The Morgan fingerprint density at radius 1 is 1.14 bits per heavy atom. The molecule has 0 atom stereocenters. The molecule has 1 aliphatic rings. The van der Waals surface area contributed by atoms with Crippen molar-refractivity contribution in [3.05, 3.63) is 58.0 Å². The van der Waals surface area contributed by atoms with Crippen LogP contribution in [-0.2, 0) is 9.53 Å². The van der Waals surface area contributed by atoms with Gasteiger partial charge in [0.05, 0.1) is 43.0 Å². The third kappa shape index (κ3) is 4.93. The van der Waals surface area contributed by atoms with Crippen LogP contribution in [0.4, 0.5) is 5.69 Å². The number of benzene rings is 2. The molecule has 1 aliphatic heterocycles. The number of thioether (sulfide) groups is 1. The molecule has 1 saturated heterocycles. The minimum absolute atomic E-state index is 0.132. The minimum atomic E-state index is -0.132. The van der Waals surface area contributed by atoms with Gasteiger partial charge in [0.15, 0.2) is 16.7 Å². The van der Waals surface area contributed by atoms with E-state index < -0.39 is 0 Å². The Kier molecular flexibility index (Phi) is 7.19. The Balaban J connectivity index is 1.96. The number of halogens is 1. The molecule has 1 heterocycles. The Morgan fingerprint density at radius 2 is 1.90 bits per heavy atom. The number of nitrogens with zero attached hydrogens (tertiary/aromatic N) is 2. The maximum Gasteiger partial charge on any atom is 0.266 e. The summed E-state index contributed by atoms with van der Waals surface area (Å²) in [5.74, 6) is 0.819. The third-order valence-corrected chi connectivity index (χ3v) is 5.43. The SMILES string of the molecule is COCCN1C(=O)/C(=C/c2cc(Cl)c(OC)c(OC)c2)SC1=Nc1ccccc1. The molecule has 2 aromatic rings. The lowest BCUT2D eigenvalue weighted by molar-refractivity contribution is -0.122. The molecule has 152 valence electrons. The highest BCUT2D eigenvalue weighted by Gasteiger charge is 2.33. The molecule has 6 nitrogen and oxygen atoms in total. The second kappa shape index (κ2) is 9.82. The van der Waals surface area contributed by atoms with Crippen LogP contribution >= 0.6 is 23.4 Å². The van der Waals surface area contributed by atoms with Gasteiger partial charge >= 0.3 is 0 Å². The first kappa shape index (κ1) is 21.2. The highest BCUT2D eigenvalue weighted by molar-refractivity contribution is 8.18. The normalized spacial score (nSPS) is 16.7. The van der Waals surface area contributed by atoms with Gasteiger partial charge in [-0.2, -0.15) is 0 Å². The highest BCUT2D eigenvalue weighted by Crippen LogP contribution is 2.39. The van der Waals surface area contributed by atoms with E-state index in [9.17, 15) is 4.79 Å². The van der Waals surface area contributed by atoms with E-state index in [1.54, 1.807) is 30.2 Å². The largest absolute Gasteiger partial charge is 0.493 e. The Bertz CT molecular complexity index is 947. The van der Waals surface area contributed by atoms with Gasteiger partial charge in [0.1, 0.15) is 0 Å². The molecule has 0 radical (unpaired) electrons. The summed E-state index contributed by atoms with van der Waals surface area (Å²) >= 11 is 7.60. The summed E-state index contributed by atoms with van der Waals surface area (Å²) in [7, 11) is 4.67. The number of rotatable bonds is 7. The summed E-state index contributed by atoms with van der Waals surface area (Å²) in [5.41, 5.74) is 1.51. The van der Waals surface area contributed by atoms with E-state index in [0.717, 1.165) is 11.3 Å². The van der Waals surface area contributed by atoms with Crippen molar-refractivity contribution in [3.63, 3.8) is 0 Å². The number of ether oxygens (including phenoxy) is 3. The zero-order chi connectivity index (χ0) is 20.8. The Morgan fingerprint density at radius 3 is 2.55 bits per heavy atom. The van der Waals surface area contributed by atoms with Gasteiger partial charge in [0.25, 0.3) is 5.91 Å². The van der Waals surface area contributed by atoms with Crippen LogP contribution in [0.3, 0.4) is 0 Å². The van der Waals surface area contributed by atoms with E-state index in [1.165, 1.54) is 26.0 Å². The van der Waals surface area contributed by atoms with Gasteiger partial charge < -0.3 is 14.2 Å². The molecule has 1 fully saturated rings. The average molecular weight is 433 g/mol. The molecule has 0 bridgehead atoms. The van der Waals surface area contributed by atoms with E-state index in [2.05, 4.69) is 4.99 Å². The van der Waals surface area contributed by atoms with Crippen molar-refractivity contribution in [2.45, 2.75) is 0 Å². The lowest BCUT2D eigenvalue weighted by atomic mass is 10.2. The van der Waals surface area contributed by atoms with E-state index in [0.29, 0.717) is 39.7 Å². The van der Waals surface area contributed by atoms with Gasteiger partial charge in [0, 0.05) is 7.11 Å². The minimum Gasteiger partial charge on any atom is -0.493 e. The standard InChI is InChI=1S/C21H21ClN2O4S/c1-26-10-9-24-20(25)18(29-21(24)23-15-7-5-4-6-8-15)13-14-11-16(22)19(28-3)17(12-14)27-2/h4-8,11-13H,9-10H2,1-3H3/b18-13-,23-21?. The van der Waals surface area contributed by atoms with Crippen molar-refractivity contribution in [2.75, 3.05) is 34.5 Å². The maximum atomic E-state index is 13.0. The third-order valence-electron chi connectivity index (χ3n) is 4.14. The number of aliphatic imine (C=N–C) groups is 1. The summed E-state index contributed by atoms with van der Waals surface area (Å²) in [4.78, 5) is 19.8. The van der Waals surface area contributed by atoms with Crippen LogP contribution in [0.2, 0.25) is 5.02 Å². The summed E-state index contributed by atoms with van der Waals surface area (Å²) in [6, 6.07) is 13.0. The van der Waals surface area contributed by atoms with Gasteiger partial charge in [-0.3, -0.25) is 9.69 Å². The Labute approximate surface area is 179 Å². The molecule has 0 aromatic heterocycles. The van der Waals surface area contributed by atoms with E-state index in [4.69, 9.17) is 25.8 Å². The first-order valence-corrected chi connectivity index (χ1v) is 10.0. The molecular weight excluding hydrogens is 412 g/mol. The van der Waals surface area contributed by atoms with Crippen LogP contribution in [0.1, 0.15) is 5.56 Å². The fraction of sp³-hybridized carbons (Fsp3) is 0.238. The fourth-order valence-electron chi connectivity index (χ4n) is 2.76. The number of para-hydroxylation sites is 1. The summed E-state index contributed by atoms with van der Waals surface area (Å²) < 4.78 is 15.8. The van der Waals surface area contributed by atoms with Crippen LogP contribution in [0.5, 0.6) is 11.5 Å². The zero-order valence-corrected chi connectivity index (χ0v) is 17.9. The van der Waals surface area contributed by atoms with Crippen molar-refractivity contribution >= 4 is 46.2 Å². The van der Waals surface area contributed by atoms with E-state index >= 15 is 0 Å². The molecule has 3 rings (SSSR count). The molecule has 8 heteroatoms. The van der Waals surface area contributed by atoms with Crippen molar-refractivity contribution in [1.29, 1.82) is 0 Å².